The van der Waals surface area contributed by atoms with E-state index in [9.17, 15) is 14.4 Å². The third kappa shape index (κ3) is 1.44. The van der Waals surface area contributed by atoms with Crippen LogP contribution in [0.2, 0.25) is 0 Å². The van der Waals surface area contributed by atoms with Crippen molar-refractivity contribution in [1.29, 1.82) is 0 Å². The summed E-state index contributed by atoms with van der Waals surface area (Å²) < 4.78 is 0. The normalized spacial score (nSPS) is 16.4. The molecule has 1 aliphatic heterocycles. The highest BCUT2D eigenvalue weighted by atomic mass is 16.2. The molecule has 1 rings (SSSR count). The van der Waals surface area contributed by atoms with Gasteiger partial charge in [-0.05, 0) is 0 Å². The monoisotopic (exact) mass is 194 g/mol. The van der Waals surface area contributed by atoms with Crippen molar-refractivity contribution in [2.45, 2.75) is 0 Å². The van der Waals surface area contributed by atoms with Crippen LogP contribution in [0.3, 0.4) is 0 Å². The minimum atomic E-state index is -1.01. The number of rotatable bonds is 2. The topological polar surface area (TPSA) is 103 Å². The van der Waals surface area contributed by atoms with Crippen molar-refractivity contribution in [2.75, 3.05) is 6.54 Å². The predicted molar refractivity (Wildman–Crippen MR) is 44.1 cm³/mol. The summed E-state index contributed by atoms with van der Waals surface area (Å²) in [6, 6.07) is -0.854. The van der Waals surface area contributed by atoms with Crippen molar-refractivity contribution in [3.63, 3.8) is 0 Å². The first-order chi connectivity index (χ1) is 6.61. The lowest BCUT2D eigenvalue weighted by Crippen LogP contribution is -2.58. The molecule has 0 bridgehead atoms. The van der Waals surface area contributed by atoms with E-state index in [2.05, 4.69) is 11.4 Å². The fourth-order valence-electron chi connectivity index (χ4n) is 0.924. The number of amides is 4. The van der Waals surface area contributed by atoms with Gasteiger partial charge in [-0.3, -0.25) is 14.9 Å². The number of hydrogen-bond acceptors (Lipinski definition) is 3. The Kier molecular flexibility index (Phi) is 2.54. The Hall–Kier alpha value is -2.27. The van der Waals surface area contributed by atoms with Gasteiger partial charge in [0.25, 0.3) is 0 Å². The first kappa shape index (κ1) is 9.82. The minimum absolute atomic E-state index is 0.0586. The lowest BCUT2D eigenvalue weighted by atomic mass is 10.2. The average Bonchev–Trinajstić information content (AvgIpc) is 2.12. The van der Waals surface area contributed by atoms with E-state index in [-0.39, 0.29) is 6.54 Å². The van der Waals surface area contributed by atoms with Crippen LogP contribution in [0.1, 0.15) is 0 Å². The molecule has 0 aromatic heterocycles. The molecule has 1 heterocycles. The van der Waals surface area contributed by atoms with Gasteiger partial charge in [-0.1, -0.05) is 6.08 Å². The first-order valence-corrected chi connectivity index (χ1v) is 3.62. The lowest BCUT2D eigenvalue weighted by molar-refractivity contribution is -0.132. The van der Waals surface area contributed by atoms with Gasteiger partial charge in [-0.15, -0.1) is 6.58 Å². The van der Waals surface area contributed by atoms with E-state index in [4.69, 9.17) is 5.53 Å². The predicted octanol–water partition coefficient (Wildman–Crippen LogP) is -1.08. The van der Waals surface area contributed by atoms with Gasteiger partial charge >= 0.3 is 23.6 Å². The molecule has 0 aliphatic carbocycles. The molecule has 0 aromatic carbocycles. The summed E-state index contributed by atoms with van der Waals surface area (Å²) in [4.78, 5) is 36.4. The maximum atomic E-state index is 11.3. The smallest absolute Gasteiger partial charge is 0.360 e. The van der Waals surface area contributed by atoms with Crippen molar-refractivity contribution >= 4 is 23.6 Å². The molecule has 0 atom stereocenters. The van der Waals surface area contributed by atoms with E-state index in [1.165, 1.54) is 6.08 Å². The van der Waals surface area contributed by atoms with Crippen LogP contribution >= 0.6 is 0 Å². The van der Waals surface area contributed by atoms with Crippen molar-refractivity contribution in [2.24, 2.45) is 0 Å². The Labute approximate surface area is 78.6 Å². The second-order valence-corrected chi connectivity index (χ2v) is 2.41. The highest BCUT2D eigenvalue weighted by molar-refractivity contribution is 6.66. The molecule has 1 N–H and O–H groups in total. The zero-order chi connectivity index (χ0) is 10.7. The van der Waals surface area contributed by atoms with Gasteiger partial charge in [0.05, 0.1) is 0 Å². The fraction of sp³-hybridized carbons (Fsp3) is 0.143. The molecule has 0 aromatic rings. The Balaban J connectivity index is 3.06. The Bertz CT molecular complexity index is 380. The number of nitrogens with one attached hydrogen (secondary N) is 1. The zero-order valence-electron chi connectivity index (χ0n) is 7.06. The van der Waals surface area contributed by atoms with Crippen LogP contribution in [0.4, 0.5) is 4.79 Å². The molecule has 14 heavy (non-hydrogen) atoms. The number of urea groups is 1. The van der Waals surface area contributed by atoms with E-state index in [0.29, 0.717) is 4.90 Å². The van der Waals surface area contributed by atoms with Gasteiger partial charge in [0.15, 0.2) is 0 Å². The van der Waals surface area contributed by atoms with Gasteiger partial charge in [0.2, 0.25) is 0 Å². The second kappa shape index (κ2) is 3.63. The molecule has 1 saturated heterocycles. The molecular weight excluding hydrogens is 188 g/mol. The van der Waals surface area contributed by atoms with Crippen LogP contribution in [0, 0.1) is 0 Å². The number of carbonyl (C=O) groups excluding carboxylic acids is 3. The summed E-state index contributed by atoms with van der Waals surface area (Å²) in [5.41, 5.74) is 7.63. The van der Waals surface area contributed by atoms with E-state index >= 15 is 0 Å². The SMILES string of the molecule is C=CCN1C(=O)NC(=O)C(=[N+]=[N-])C1=O. The molecule has 7 heteroatoms. The second-order valence-electron chi connectivity index (χ2n) is 2.41. The van der Waals surface area contributed by atoms with Crippen LogP contribution in [0.15, 0.2) is 12.7 Å². The molecular formula is C7H6N4O3. The summed E-state index contributed by atoms with van der Waals surface area (Å²) in [5.74, 6) is -1.95. The molecule has 0 spiro atoms. The van der Waals surface area contributed by atoms with E-state index in [0.717, 1.165) is 0 Å². The Morgan fingerprint density at radius 1 is 1.50 bits per heavy atom. The van der Waals surface area contributed by atoms with Crippen LogP contribution < -0.4 is 5.32 Å². The van der Waals surface area contributed by atoms with Gasteiger partial charge in [-0.2, -0.15) is 4.79 Å². The molecule has 0 radical (unpaired) electrons. The van der Waals surface area contributed by atoms with Crippen LogP contribution in [-0.4, -0.2) is 39.8 Å². The van der Waals surface area contributed by atoms with Gasteiger partial charge in [0.1, 0.15) is 0 Å². The quantitative estimate of drug-likeness (QED) is 0.343. The number of imide groups is 2. The maximum absolute atomic E-state index is 11.3. The first-order valence-electron chi connectivity index (χ1n) is 3.62. The molecule has 0 saturated carbocycles. The Morgan fingerprint density at radius 2 is 2.14 bits per heavy atom. The fourth-order valence-corrected chi connectivity index (χ4v) is 0.924. The summed E-state index contributed by atoms with van der Waals surface area (Å²) in [6.45, 7) is 3.27. The zero-order valence-corrected chi connectivity index (χ0v) is 7.06. The summed E-state index contributed by atoms with van der Waals surface area (Å²) >= 11 is 0. The molecule has 1 fully saturated rings. The van der Waals surface area contributed by atoms with Gasteiger partial charge in [-0.25, -0.2) is 9.69 Å². The Morgan fingerprint density at radius 3 is 2.64 bits per heavy atom. The largest absolute Gasteiger partial charge is 0.444 e. The van der Waals surface area contributed by atoms with E-state index in [1.807, 2.05) is 5.32 Å². The number of hydrogen-bond donors (Lipinski definition) is 1. The number of carbonyl (C=O) groups is 3. The third-order valence-electron chi connectivity index (χ3n) is 1.54. The van der Waals surface area contributed by atoms with E-state index in [1.54, 1.807) is 0 Å². The minimum Gasteiger partial charge on any atom is -0.360 e. The van der Waals surface area contributed by atoms with Gasteiger partial charge < -0.3 is 5.53 Å². The maximum Gasteiger partial charge on any atom is 0.444 e. The number of nitrogens with zero attached hydrogens (tertiary/aromatic N) is 3. The molecule has 1 aliphatic rings. The molecule has 0 unspecified atom stereocenters. The third-order valence-corrected chi connectivity index (χ3v) is 1.54. The van der Waals surface area contributed by atoms with E-state index < -0.39 is 23.6 Å². The van der Waals surface area contributed by atoms with Crippen LogP contribution in [-0.2, 0) is 9.59 Å². The molecule has 4 amide bonds. The van der Waals surface area contributed by atoms with Crippen LogP contribution in [0.25, 0.3) is 5.53 Å². The van der Waals surface area contributed by atoms with Crippen molar-refractivity contribution in [3.8, 4) is 0 Å². The molecule has 7 nitrogen and oxygen atoms in total. The lowest BCUT2D eigenvalue weighted by Gasteiger charge is -2.19. The highest BCUT2D eigenvalue weighted by Crippen LogP contribution is 1.99. The van der Waals surface area contributed by atoms with Crippen molar-refractivity contribution in [1.82, 2.24) is 10.2 Å². The van der Waals surface area contributed by atoms with Crippen LogP contribution in [0.5, 0.6) is 0 Å². The van der Waals surface area contributed by atoms with Crippen molar-refractivity contribution in [3.05, 3.63) is 18.2 Å². The van der Waals surface area contributed by atoms with Gasteiger partial charge in [0, 0.05) is 6.54 Å². The standard InChI is InChI=1S/C7H6N4O3/c1-2-3-11-6(13)4(10-8)5(12)9-7(11)14/h2H,1,3H2,(H,9,12,14). The highest BCUT2D eigenvalue weighted by Gasteiger charge is 2.43. The number of barbiturate groups is 1. The summed E-state index contributed by atoms with van der Waals surface area (Å²) in [7, 11) is 0. The summed E-state index contributed by atoms with van der Waals surface area (Å²) in [5, 5.41) is 1.83. The molecule has 72 valence electrons. The van der Waals surface area contributed by atoms with Crippen molar-refractivity contribution < 1.29 is 19.2 Å². The summed E-state index contributed by atoms with van der Waals surface area (Å²) in [6.07, 6.45) is 1.31. The average molecular weight is 194 g/mol.